The van der Waals surface area contributed by atoms with E-state index in [1.807, 2.05) is 48.7 Å². The molecule has 1 aliphatic heterocycles. The molecule has 3 aromatic rings. The number of thiophene rings is 1. The van der Waals surface area contributed by atoms with Gasteiger partial charge in [-0.15, -0.1) is 11.3 Å². The van der Waals surface area contributed by atoms with Gasteiger partial charge in [0, 0.05) is 29.4 Å². The predicted octanol–water partition coefficient (Wildman–Crippen LogP) is 5.37. The molecule has 3 heterocycles. The number of aliphatic hydroxyl groups excluding tert-OH is 1. The Morgan fingerprint density at radius 2 is 1.94 bits per heavy atom. The van der Waals surface area contributed by atoms with Gasteiger partial charge in [0.2, 0.25) is 0 Å². The third-order valence-electron chi connectivity index (χ3n) is 5.79. The SMILES string of the molecule is Cc1ccc(C(C)(C)C)cc1/C(O)=C1\C(=O)C(=O)N(Cc2cccnc2)C1c1cccs1. The number of Topliss-reactive ketones (excluding diaryl/α,β-unsaturated/α-hetero) is 1. The van der Waals surface area contributed by atoms with Crippen LogP contribution < -0.4 is 0 Å². The summed E-state index contributed by atoms with van der Waals surface area (Å²) in [5, 5.41) is 13.3. The first-order valence-corrected chi connectivity index (χ1v) is 11.4. The highest BCUT2D eigenvalue weighted by molar-refractivity contribution is 7.10. The molecule has 1 saturated heterocycles. The van der Waals surface area contributed by atoms with Crippen LogP contribution in [-0.4, -0.2) is 26.7 Å². The van der Waals surface area contributed by atoms with Gasteiger partial charge in [0.05, 0.1) is 11.6 Å². The van der Waals surface area contributed by atoms with Crippen LogP contribution in [-0.2, 0) is 21.5 Å². The minimum absolute atomic E-state index is 0.123. The summed E-state index contributed by atoms with van der Waals surface area (Å²) in [6, 6.07) is 12.7. The highest BCUT2D eigenvalue weighted by Gasteiger charge is 2.46. The number of aryl methyl sites for hydroxylation is 1. The van der Waals surface area contributed by atoms with Gasteiger partial charge < -0.3 is 10.0 Å². The van der Waals surface area contributed by atoms with Crippen molar-refractivity contribution in [2.24, 2.45) is 0 Å². The molecule has 0 bridgehead atoms. The summed E-state index contributed by atoms with van der Waals surface area (Å²) < 4.78 is 0. The fourth-order valence-corrected chi connectivity index (χ4v) is 4.81. The molecule has 1 N–H and O–H groups in total. The summed E-state index contributed by atoms with van der Waals surface area (Å²) in [7, 11) is 0. The fraction of sp³-hybridized carbons (Fsp3) is 0.269. The molecule has 0 spiro atoms. The first-order valence-electron chi connectivity index (χ1n) is 10.5. The molecule has 1 aromatic carbocycles. The van der Waals surface area contributed by atoms with Crippen LogP contribution in [0.1, 0.15) is 53.9 Å². The van der Waals surface area contributed by atoms with Crippen LogP contribution in [0.3, 0.4) is 0 Å². The summed E-state index contributed by atoms with van der Waals surface area (Å²) in [6.45, 7) is 8.42. The van der Waals surface area contributed by atoms with Gasteiger partial charge in [-0.25, -0.2) is 0 Å². The lowest BCUT2D eigenvalue weighted by Gasteiger charge is -2.24. The van der Waals surface area contributed by atoms with E-state index >= 15 is 0 Å². The Morgan fingerprint density at radius 1 is 1.16 bits per heavy atom. The Balaban J connectivity index is 1.87. The number of amides is 1. The van der Waals surface area contributed by atoms with Crippen molar-refractivity contribution >= 4 is 28.8 Å². The molecule has 6 heteroatoms. The number of carbonyl (C=O) groups is 2. The zero-order valence-electron chi connectivity index (χ0n) is 18.6. The average Bonchev–Trinajstić information content (AvgIpc) is 3.36. The van der Waals surface area contributed by atoms with E-state index in [4.69, 9.17) is 0 Å². The van der Waals surface area contributed by atoms with E-state index in [-0.39, 0.29) is 23.3 Å². The Labute approximate surface area is 192 Å². The zero-order chi connectivity index (χ0) is 23.0. The number of nitrogens with zero attached hydrogens (tertiary/aromatic N) is 2. The van der Waals surface area contributed by atoms with Crippen molar-refractivity contribution in [2.75, 3.05) is 0 Å². The molecule has 5 nitrogen and oxygen atoms in total. The Morgan fingerprint density at radius 3 is 2.56 bits per heavy atom. The zero-order valence-corrected chi connectivity index (χ0v) is 19.4. The second-order valence-corrected chi connectivity index (χ2v) is 10.1. The number of carbonyl (C=O) groups excluding carboxylic acids is 2. The molecular weight excluding hydrogens is 420 g/mol. The largest absolute Gasteiger partial charge is 0.507 e. The van der Waals surface area contributed by atoms with E-state index in [0.717, 1.165) is 21.6 Å². The highest BCUT2D eigenvalue weighted by atomic mass is 32.1. The van der Waals surface area contributed by atoms with Gasteiger partial charge in [0.1, 0.15) is 5.76 Å². The van der Waals surface area contributed by atoms with Crippen molar-refractivity contribution in [3.63, 3.8) is 0 Å². The molecule has 164 valence electrons. The molecule has 4 rings (SSSR count). The second-order valence-electron chi connectivity index (χ2n) is 9.08. The minimum Gasteiger partial charge on any atom is -0.507 e. The standard InChI is InChI=1S/C26H26N2O3S/c1-16-9-10-18(26(2,3)4)13-19(16)23(29)21-22(20-8-6-12-32-20)28(25(31)24(21)30)15-17-7-5-11-27-14-17/h5-14,22,29H,15H2,1-4H3/b23-21+. The predicted molar refractivity (Wildman–Crippen MR) is 126 cm³/mol. The molecule has 1 aliphatic rings. The number of benzene rings is 1. The lowest BCUT2D eigenvalue weighted by Crippen LogP contribution is -2.28. The fourth-order valence-electron chi connectivity index (χ4n) is 3.96. The average molecular weight is 447 g/mol. The highest BCUT2D eigenvalue weighted by Crippen LogP contribution is 2.42. The van der Waals surface area contributed by atoms with Crippen LogP contribution in [0.25, 0.3) is 5.76 Å². The second kappa shape index (κ2) is 8.36. The Hall–Kier alpha value is -3.25. The van der Waals surface area contributed by atoms with Gasteiger partial charge in [0.25, 0.3) is 11.7 Å². The van der Waals surface area contributed by atoms with Crippen molar-refractivity contribution < 1.29 is 14.7 Å². The van der Waals surface area contributed by atoms with Gasteiger partial charge in [-0.1, -0.05) is 45.0 Å². The van der Waals surface area contributed by atoms with Gasteiger partial charge >= 0.3 is 0 Å². The lowest BCUT2D eigenvalue weighted by atomic mass is 9.84. The number of pyridine rings is 1. The topological polar surface area (TPSA) is 70.5 Å². The van der Waals surface area contributed by atoms with Crippen molar-refractivity contribution in [3.8, 4) is 0 Å². The van der Waals surface area contributed by atoms with Crippen molar-refractivity contribution in [3.05, 3.63) is 92.9 Å². The number of hydrogen-bond acceptors (Lipinski definition) is 5. The van der Waals surface area contributed by atoms with E-state index in [2.05, 4.69) is 25.8 Å². The molecule has 1 fully saturated rings. The number of aliphatic hydroxyl groups is 1. The number of aromatic nitrogens is 1. The molecule has 32 heavy (non-hydrogen) atoms. The van der Waals surface area contributed by atoms with Gasteiger partial charge in [0.15, 0.2) is 0 Å². The number of hydrogen-bond donors (Lipinski definition) is 1. The van der Waals surface area contributed by atoms with Crippen LogP contribution in [0.4, 0.5) is 0 Å². The van der Waals surface area contributed by atoms with Crippen LogP contribution in [0.2, 0.25) is 0 Å². The maximum Gasteiger partial charge on any atom is 0.295 e. The van der Waals surface area contributed by atoms with Crippen LogP contribution in [0, 0.1) is 6.92 Å². The Bertz CT molecular complexity index is 1190. The summed E-state index contributed by atoms with van der Waals surface area (Å²) in [5.41, 5.74) is 3.30. The normalized spacial score (nSPS) is 18.4. The first kappa shape index (κ1) is 22.0. The lowest BCUT2D eigenvalue weighted by molar-refractivity contribution is -0.140. The smallest absolute Gasteiger partial charge is 0.295 e. The third kappa shape index (κ3) is 3.98. The summed E-state index contributed by atoms with van der Waals surface area (Å²) in [5.74, 6) is -1.40. The van der Waals surface area contributed by atoms with Gasteiger partial charge in [-0.05, 0) is 52.6 Å². The monoisotopic (exact) mass is 446 g/mol. The molecule has 0 saturated carbocycles. The maximum absolute atomic E-state index is 13.2. The van der Waals surface area contributed by atoms with Crippen LogP contribution in [0.15, 0.2) is 65.8 Å². The van der Waals surface area contributed by atoms with E-state index in [9.17, 15) is 14.7 Å². The maximum atomic E-state index is 13.2. The molecule has 0 radical (unpaired) electrons. The number of likely N-dealkylation sites (tertiary alicyclic amines) is 1. The molecule has 1 amide bonds. The molecule has 1 unspecified atom stereocenters. The molecule has 2 aromatic heterocycles. The van der Waals surface area contributed by atoms with E-state index in [1.54, 1.807) is 18.5 Å². The summed E-state index contributed by atoms with van der Waals surface area (Å²) >= 11 is 1.46. The summed E-state index contributed by atoms with van der Waals surface area (Å²) in [4.78, 5) is 32.8. The van der Waals surface area contributed by atoms with Crippen LogP contribution >= 0.6 is 11.3 Å². The van der Waals surface area contributed by atoms with Crippen molar-refractivity contribution in [2.45, 2.75) is 45.7 Å². The number of ketones is 1. The quantitative estimate of drug-likeness (QED) is 0.332. The van der Waals surface area contributed by atoms with Crippen molar-refractivity contribution in [1.29, 1.82) is 0 Å². The van der Waals surface area contributed by atoms with Gasteiger partial charge in [-0.3, -0.25) is 14.6 Å². The van der Waals surface area contributed by atoms with Crippen molar-refractivity contribution in [1.82, 2.24) is 9.88 Å². The molecule has 1 atom stereocenters. The van der Waals surface area contributed by atoms with E-state index in [1.165, 1.54) is 16.2 Å². The summed E-state index contributed by atoms with van der Waals surface area (Å²) in [6.07, 6.45) is 3.35. The Kier molecular flexibility index (Phi) is 5.73. The molecule has 0 aliphatic carbocycles. The van der Waals surface area contributed by atoms with Crippen LogP contribution in [0.5, 0.6) is 0 Å². The van der Waals surface area contributed by atoms with E-state index < -0.39 is 17.7 Å². The minimum atomic E-state index is -0.662. The van der Waals surface area contributed by atoms with E-state index in [0.29, 0.717) is 5.56 Å². The first-order chi connectivity index (χ1) is 15.2. The number of rotatable bonds is 4. The molecular formula is C26H26N2O3S. The third-order valence-corrected chi connectivity index (χ3v) is 6.71. The van der Waals surface area contributed by atoms with Gasteiger partial charge in [-0.2, -0.15) is 0 Å².